The van der Waals surface area contributed by atoms with Gasteiger partial charge >= 0.3 is 0 Å². The van der Waals surface area contributed by atoms with Crippen LogP contribution < -0.4 is 21.1 Å². The van der Waals surface area contributed by atoms with Crippen LogP contribution in [0, 0.1) is 51.8 Å². The lowest BCUT2D eigenvalue weighted by molar-refractivity contribution is -0.828. The van der Waals surface area contributed by atoms with E-state index < -0.39 is 23.1 Å². The van der Waals surface area contributed by atoms with Crippen LogP contribution in [0.25, 0.3) is 0 Å². The van der Waals surface area contributed by atoms with Crippen LogP contribution in [0.1, 0.15) is 84.0 Å². The fourth-order valence-corrected chi connectivity index (χ4v) is 14.1. The van der Waals surface area contributed by atoms with E-state index >= 15 is 0 Å². The normalized spacial score (nSPS) is 47.4. The zero-order chi connectivity index (χ0) is 33.5. The van der Waals surface area contributed by atoms with E-state index in [0.717, 1.165) is 50.9 Å². The van der Waals surface area contributed by atoms with Gasteiger partial charge < -0.3 is 35.9 Å². The summed E-state index contributed by atoms with van der Waals surface area (Å²) in [5.41, 5.74) is 5.61. The van der Waals surface area contributed by atoms with Gasteiger partial charge in [0, 0.05) is 42.3 Å². The highest BCUT2D eigenvalue weighted by Crippen LogP contribution is 2.77. The maximum absolute atomic E-state index is 13.5. The fraction of sp³-hybridized carbons (Fsp3) is 0.795. The average molecular weight is 663 g/mol. The summed E-state index contributed by atoms with van der Waals surface area (Å²) in [5.74, 6) is 1.25. The van der Waals surface area contributed by atoms with Crippen LogP contribution >= 0.6 is 0 Å². The Morgan fingerprint density at radius 2 is 1.96 bits per heavy atom. The number of allylic oxidation sites excluding steroid dienone is 4. The van der Waals surface area contributed by atoms with Crippen LogP contribution in [-0.4, -0.2) is 79.8 Å². The monoisotopic (exact) mass is 662 g/mol. The number of rotatable bonds is 6. The number of nitrogens with one attached hydrogen (secondary N) is 2. The molecule has 2 aliphatic heterocycles. The minimum Gasteiger partial charge on any atom is -0.545 e. The van der Waals surface area contributed by atoms with Gasteiger partial charge in [-0.05, 0) is 99.3 Å². The van der Waals surface area contributed by atoms with Gasteiger partial charge in [0.1, 0.15) is 5.60 Å². The molecular weight excluding hydrogens is 604 g/mol. The van der Waals surface area contributed by atoms with Crippen LogP contribution in [-0.2, 0) is 9.53 Å². The number of carbonyl (C=O) groups excluding carboxylic acids is 1. The van der Waals surface area contributed by atoms with Gasteiger partial charge in [0.2, 0.25) is 0 Å². The van der Waals surface area contributed by atoms with E-state index in [-0.39, 0.29) is 41.5 Å². The van der Waals surface area contributed by atoms with Crippen LogP contribution in [0.4, 0.5) is 0 Å². The Morgan fingerprint density at radius 1 is 1.17 bits per heavy atom. The van der Waals surface area contributed by atoms with E-state index in [2.05, 4.69) is 41.5 Å². The number of aliphatic hydroxyl groups is 2. The number of ether oxygens (including phenoxy) is 1. The molecule has 8 aliphatic rings. The van der Waals surface area contributed by atoms with Crippen molar-refractivity contribution in [3.8, 4) is 0 Å². The molecule has 3 spiro atoms. The van der Waals surface area contributed by atoms with E-state index in [0.29, 0.717) is 54.9 Å². The van der Waals surface area contributed by atoms with Gasteiger partial charge in [-0.15, -0.1) is 0 Å². The first kappa shape index (κ1) is 33.1. The van der Waals surface area contributed by atoms with Gasteiger partial charge in [0.15, 0.2) is 0 Å². The van der Waals surface area contributed by atoms with E-state index in [4.69, 9.17) is 10.5 Å². The summed E-state index contributed by atoms with van der Waals surface area (Å²) < 4.78 is 7.18. The Morgan fingerprint density at radius 3 is 2.71 bits per heavy atom. The van der Waals surface area contributed by atoms with Crippen molar-refractivity contribution in [2.75, 3.05) is 39.8 Å². The van der Waals surface area contributed by atoms with Gasteiger partial charge in [-0.3, -0.25) is 4.90 Å². The maximum atomic E-state index is 13.5. The Kier molecular flexibility index (Phi) is 8.31. The summed E-state index contributed by atoms with van der Waals surface area (Å²) in [4.78, 5) is 19.1. The fourth-order valence-electron chi connectivity index (χ4n) is 14.1. The van der Waals surface area contributed by atoms with Gasteiger partial charge in [-0.2, -0.15) is 0 Å². The number of aliphatic imine (C=N–C) groups is 1. The molecule has 6 aliphatic carbocycles. The number of quaternary nitrogens is 1. The molecule has 2 heterocycles. The van der Waals surface area contributed by atoms with E-state index in [9.17, 15) is 20.1 Å². The van der Waals surface area contributed by atoms with Crippen LogP contribution in [0.3, 0.4) is 0 Å². The van der Waals surface area contributed by atoms with E-state index in [1.807, 2.05) is 0 Å². The van der Waals surface area contributed by atoms with Crippen LogP contribution in [0.2, 0.25) is 0 Å². The molecule has 1 unspecified atom stereocenters. The van der Waals surface area contributed by atoms with Gasteiger partial charge in [0.05, 0.1) is 37.9 Å². The smallest absolute Gasteiger partial charge is 0.293 e. The number of carboxylic acids is 1. The molecule has 264 valence electrons. The molecule has 0 aromatic heterocycles. The maximum Gasteiger partial charge on any atom is 0.293 e. The minimum atomic E-state index is -1.61. The van der Waals surface area contributed by atoms with E-state index in [1.165, 1.54) is 37.0 Å². The van der Waals surface area contributed by atoms with Crippen molar-refractivity contribution in [2.24, 2.45) is 62.5 Å². The van der Waals surface area contributed by atoms with Crippen molar-refractivity contribution in [1.82, 2.24) is 5.32 Å². The number of nitrogens with zero attached hydrogens (tertiary/aromatic N) is 1. The topological polar surface area (TPSA) is 145 Å². The van der Waals surface area contributed by atoms with Crippen LogP contribution in [0.15, 0.2) is 40.4 Å². The molecule has 9 nitrogen and oxygen atoms in total. The summed E-state index contributed by atoms with van der Waals surface area (Å²) in [6.07, 6.45) is 20.6. The lowest BCUT2D eigenvalue weighted by Crippen LogP contribution is -3.19. The molecule has 2 saturated heterocycles. The van der Waals surface area contributed by atoms with Crippen molar-refractivity contribution in [3.05, 3.63) is 35.5 Å². The molecule has 4 saturated carbocycles. The predicted molar refractivity (Wildman–Crippen MR) is 181 cm³/mol. The average Bonchev–Trinajstić information content (AvgIpc) is 3.71. The molecule has 6 fully saturated rings. The number of guanidine groups is 1. The Hall–Kier alpha value is -2.04. The standard InChI is InChI=1S/C39H58N4O5/c1-24-9-11-26-19-30-32(34(45)46)39(47,22-37(24,30)38(26)23-43(35(40)41-2)17-13-27(38)21-42-16-18-44)31-12-10-25-20-36(14-5-6-15-36)29-8-4-3-7-28(29)33(25)48-31/h3-4,7-8,24-29,31,33,42,44,47H,5-6,9-23H2,1-2H3,(H2,40,41)(H,45,46)/t24-,25-,26-,27-,28+,29-,31+,33-,37+,38-,39+/m1/s1. The van der Waals surface area contributed by atoms with Gasteiger partial charge in [-0.25, -0.2) is 4.99 Å². The van der Waals surface area contributed by atoms with E-state index in [1.54, 1.807) is 7.05 Å². The second-order valence-electron chi connectivity index (χ2n) is 17.3. The first-order chi connectivity index (χ1) is 23.1. The predicted octanol–water partition coefficient (Wildman–Crippen LogP) is 1.51. The highest BCUT2D eigenvalue weighted by molar-refractivity contribution is 5.90. The minimum absolute atomic E-state index is 0.0211. The number of likely N-dealkylation sites (tertiary alicyclic amines) is 1. The quantitative estimate of drug-likeness (QED) is 0.165. The summed E-state index contributed by atoms with van der Waals surface area (Å²) >= 11 is 0. The van der Waals surface area contributed by atoms with Gasteiger partial charge in [0.25, 0.3) is 5.96 Å². The Labute approximate surface area is 286 Å². The SMILES string of the molecule is CN=C(N)[NH+]1CC[C@H](CNCCO)[C@@]2(C1)[C@@H]1CC[C@@H](C)[C@]23C[C@](O)([C@@H]2CC[C@@H]4CC5(CCCC5)[C@@H]5C=CC=C[C@@H]5[C@@H]4O2)C(C(=O)[O-])=C3C1. The first-order valence-electron chi connectivity index (χ1n) is 19.2. The lowest BCUT2D eigenvalue weighted by atomic mass is 9.45. The molecule has 8 rings (SSSR count). The number of hydrogen-bond donors (Lipinski definition) is 5. The Bertz CT molecular complexity index is 1420. The Balaban J connectivity index is 1.19. The number of nitrogens with two attached hydrogens (primary N) is 1. The number of carboxylic acid groups (broad SMARTS) is 1. The van der Waals surface area contributed by atoms with Gasteiger partial charge in [-0.1, -0.05) is 49.6 Å². The van der Waals surface area contributed by atoms with Crippen LogP contribution in [0.5, 0.6) is 0 Å². The summed E-state index contributed by atoms with van der Waals surface area (Å²) in [6, 6.07) is 0. The summed E-state index contributed by atoms with van der Waals surface area (Å²) in [7, 11) is 1.75. The number of fused-ring (bicyclic) bond motifs is 4. The van der Waals surface area contributed by atoms with Crippen molar-refractivity contribution in [1.29, 1.82) is 0 Å². The molecule has 0 aromatic carbocycles. The number of aliphatic carboxylic acids is 1. The largest absolute Gasteiger partial charge is 0.545 e. The summed E-state index contributed by atoms with van der Waals surface area (Å²) in [5, 5.41) is 39.8. The molecule has 6 N–H and O–H groups in total. The summed E-state index contributed by atoms with van der Waals surface area (Å²) in [6.45, 7) is 5.29. The number of carbonyl (C=O) groups is 1. The molecule has 0 amide bonds. The highest BCUT2D eigenvalue weighted by atomic mass is 16.5. The molecule has 48 heavy (non-hydrogen) atoms. The molecule has 0 aromatic rings. The molecular formula is C39H58N4O5. The first-order valence-corrected chi connectivity index (χ1v) is 19.2. The van der Waals surface area contributed by atoms with Crippen molar-refractivity contribution < 1.29 is 29.8 Å². The molecule has 12 atom stereocenters. The molecule has 0 radical (unpaired) electrons. The van der Waals surface area contributed by atoms with Crippen molar-refractivity contribution in [2.45, 2.75) is 102 Å². The second-order valence-corrected chi connectivity index (χ2v) is 17.3. The zero-order valence-electron chi connectivity index (χ0n) is 29.1. The molecule has 2 bridgehead atoms. The third kappa shape index (κ3) is 4.45. The highest BCUT2D eigenvalue weighted by Gasteiger charge is 2.77. The number of aliphatic hydroxyl groups excluding tert-OH is 1. The van der Waals surface area contributed by atoms with Crippen molar-refractivity contribution >= 4 is 11.9 Å². The van der Waals surface area contributed by atoms with Crippen molar-refractivity contribution in [3.63, 3.8) is 0 Å². The number of hydrogen-bond acceptors (Lipinski definition) is 7. The lowest BCUT2D eigenvalue weighted by Gasteiger charge is -2.61. The number of piperidine rings is 1. The second kappa shape index (κ2) is 12.0. The zero-order valence-corrected chi connectivity index (χ0v) is 29.1. The molecule has 9 heteroatoms. The third-order valence-electron chi connectivity index (χ3n) is 15.8. The third-order valence-corrected chi connectivity index (χ3v) is 15.8.